The monoisotopic (exact) mass is 269 g/mol. The second kappa shape index (κ2) is 9.50. The summed E-state index contributed by atoms with van der Waals surface area (Å²) in [5, 5.41) is 0. The predicted octanol–water partition coefficient (Wildman–Crippen LogP) is 3.06. The molecule has 0 fully saturated rings. The number of halogens is 1. The molecule has 0 heterocycles. The van der Waals surface area contributed by atoms with Crippen molar-refractivity contribution < 1.29 is 13.9 Å². The zero-order valence-corrected chi connectivity index (χ0v) is 12.2. The van der Waals surface area contributed by atoms with Crippen LogP contribution in [0.2, 0.25) is 0 Å². The lowest BCUT2D eigenvalue weighted by molar-refractivity contribution is -0.147. The normalized spacial score (nSPS) is 11.5. The highest BCUT2D eigenvalue weighted by atomic mass is 19.1. The fourth-order valence-corrected chi connectivity index (χ4v) is 1.59. The molecule has 1 aromatic rings. The molecule has 108 valence electrons. The molecule has 0 bridgehead atoms. The number of rotatable bonds is 4. The van der Waals surface area contributed by atoms with Gasteiger partial charge in [-0.25, -0.2) is 4.39 Å². The Labute approximate surface area is 115 Å². The van der Waals surface area contributed by atoms with Crippen molar-refractivity contribution in [1.29, 1.82) is 0 Å². The maximum absolute atomic E-state index is 12.2. The van der Waals surface area contributed by atoms with Gasteiger partial charge < -0.3 is 10.5 Å². The zero-order chi connectivity index (χ0) is 14.8. The maximum Gasteiger partial charge on any atom is 0.319 e. The first-order valence-electron chi connectivity index (χ1n) is 6.46. The molecule has 1 unspecified atom stereocenters. The van der Waals surface area contributed by atoms with E-state index in [1.807, 2.05) is 19.9 Å². The number of ether oxygens (including phenoxy) is 1. The van der Waals surface area contributed by atoms with Gasteiger partial charge in [0.25, 0.3) is 0 Å². The van der Waals surface area contributed by atoms with Crippen molar-refractivity contribution >= 4 is 5.97 Å². The van der Waals surface area contributed by atoms with Crippen LogP contribution in [-0.4, -0.2) is 18.6 Å². The fraction of sp³-hybridized carbons (Fsp3) is 0.533. The van der Waals surface area contributed by atoms with Crippen LogP contribution in [0.15, 0.2) is 24.3 Å². The summed E-state index contributed by atoms with van der Waals surface area (Å²) in [5.74, 6) is 0.0683. The largest absolute Gasteiger partial charge is 0.462 e. The van der Waals surface area contributed by atoms with Gasteiger partial charge in [0.15, 0.2) is 0 Å². The highest BCUT2D eigenvalue weighted by Crippen LogP contribution is 2.07. The zero-order valence-electron chi connectivity index (χ0n) is 12.2. The average molecular weight is 269 g/mol. The smallest absolute Gasteiger partial charge is 0.319 e. The first kappa shape index (κ1) is 17.6. The first-order valence-corrected chi connectivity index (χ1v) is 6.46. The molecule has 4 heteroatoms. The summed E-state index contributed by atoms with van der Waals surface area (Å²) >= 11 is 0. The number of benzene rings is 1. The molecule has 0 spiro atoms. The molecule has 1 rings (SSSR count). The summed E-state index contributed by atoms with van der Waals surface area (Å²) in [4.78, 5) is 10.7. The number of aryl methyl sites for hydroxylation is 1. The Morgan fingerprint density at radius 2 is 2.00 bits per heavy atom. The molecule has 19 heavy (non-hydrogen) atoms. The van der Waals surface area contributed by atoms with E-state index in [0.29, 0.717) is 5.92 Å². The lowest BCUT2D eigenvalue weighted by Crippen LogP contribution is -2.23. The van der Waals surface area contributed by atoms with Crippen molar-refractivity contribution in [3.8, 4) is 0 Å². The van der Waals surface area contributed by atoms with Crippen LogP contribution < -0.4 is 5.73 Å². The molecule has 1 aromatic carbocycles. The molecular weight excluding hydrogens is 245 g/mol. The Morgan fingerprint density at radius 1 is 1.37 bits per heavy atom. The van der Waals surface area contributed by atoms with Gasteiger partial charge >= 0.3 is 5.97 Å². The number of hydrogen-bond acceptors (Lipinski definition) is 3. The third-order valence-corrected chi connectivity index (χ3v) is 2.28. The molecule has 0 saturated heterocycles. The second-order valence-corrected chi connectivity index (χ2v) is 4.93. The van der Waals surface area contributed by atoms with Crippen molar-refractivity contribution in [2.45, 2.75) is 40.2 Å². The third-order valence-electron chi connectivity index (χ3n) is 2.28. The molecule has 3 nitrogen and oxygen atoms in total. The molecule has 0 aromatic heterocycles. The van der Waals surface area contributed by atoms with E-state index in [4.69, 9.17) is 10.5 Å². The van der Waals surface area contributed by atoms with Gasteiger partial charge in [0.2, 0.25) is 0 Å². The minimum atomic E-state index is -0.321. The standard InChI is InChI=1S/C8H17NO2.C7H7F/c1-6(2)4-7(3)11-8(10)5-9;1-6-3-2-4-7(8)5-6/h6-7H,4-5,9H2,1-3H3;2-5H,1H3. The van der Waals surface area contributed by atoms with Gasteiger partial charge in [0, 0.05) is 0 Å². The van der Waals surface area contributed by atoms with Gasteiger partial charge in [-0.1, -0.05) is 26.0 Å². The van der Waals surface area contributed by atoms with Crippen LogP contribution in [-0.2, 0) is 9.53 Å². The summed E-state index contributed by atoms with van der Waals surface area (Å²) in [7, 11) is 0. The Hall–Kier alpha value is -1.42. The van der Waals surface area contributed by atoms with Gasteiger partial charge in [-0.3, -0.25) is 4.79 Å². The Kier molecular flexibility index (Phi) is 8.79. The van der Waals surface area contributed by atoms with Crippen LogP contribution in [0, 0.1) is 18.7 Å². The van der Waals surface area contributed by atoms with Crippen molar-refractivity contribution in [2.75, 3.05) is 6.54 Å². The molecule has 0 aliphatic heterocycles. The third kappa shape index (κ3) is 10.2. The number of hydrogen-bond donors (Lipinski definition) is 1. The van der Waals surface area contributed by atoms with Crippen molar-refractivity contribution in [2.24, 2.45) is 11.7 Å². The lowest BCUT2D eigenvalue weighted by Gasteiger charge is -2.14. The van der Waals surface area contributed by atoms with Crippen LogP contribution in [0.3, 0.4) is 0 Å². The minimum Gasteiger partial charge on any atom is -0.462 e. The van der Waals surface area contributed by atoms with Crippen molar-refractivity contribution in [3.63, 3.8) is 0 Å². The summed E-state index contributed by atoms with van der Waals surface area (Å²) in [6.07, 6.45) is 0.886. The molecule has 1 atom stereocenters. The summed E-state index contributed by atoms with van der Waals surface area (Å²) in [6, 6.07) is 6.50. The number of carbonyl (C=O) groups is 1. The van der Waals surface area contributed by atoms with Crippen molar-refractivity contribution in [3.05, 3.63) is 35.6 Å². The molecule has 0 aliphatic rings. The van der Waals surface area contributed by atoms with Crippen LogP contribution in [0.5, 0.6) is 0 Å². The van der Waals surface area contributed by atoms with E-state index >= 15 is 0 Å². The van der Waals surface area contributed by atoms with E-state index in [0.717, 1.165) is 12.0 Å². The van der Waals surface area contributed by atoms with Crippen LogP contribution in [0.4, 0.5) is 4.39 Å². The van der Waals surface area contributed by atoms with E-state index < -0.39 is 0 Å². The van der Waals surface area contributed by atoms with Gasteiger partial charge in [-0.2, -0.15) is 0 Å². The van der Waals surface area contributed by atoms with Gasteiger partial charge in [0.1, 0.15) is 5.82 Å². The summed E-state index contributed by atoms with van der Waals surface area (Å²) in [5.41, 5.74) is 6.04. The first-order chi connectivity index (χ1) is 8.85. The van der Waals surface area contributed by atoms with Gasteiger partial charge in [-0.15, -0.1) is 0 Å². The Bertz CT molecular complexity index is 363. The summed E-state index contributed by atoms with van der Waals surface area (Å²) in [6.45, 7) is 7.90. The molecule has 0 amide bonds. The van der Waals surface area contributed by atoms with Crippen molar-refractivity contribution in [1.82, 2.24) is 0 Å². The average Bonchev–Trinajstić information content (AvgIpc) is 2.28. The molecule has 0 radical (unpaired) electrons. The van der Waals surface area contributed by atoms with E-state index in [-0.39, 0.29) is 24.4 Å². The molecule has 0 aliphatic carbocycles. The highest BCUT2D eigenvalue weighted by molar-refractivity contribution is 5.71. The van der Waals surface area contributed by atoms with Crippen LogP contribution in [0.1, 0.15) is 32.8 Å². The number of esters is 1. The SMILES string of the molecule is CC(C)CC(C)OC(=O)CN.Cc1cccc(F)c1. The van der Waals surface area contributed by atoms with E-state index in [1.165, 1.54) is 12.1 Å². The topological polar surface area (TPSA) is 52.3 Å². The second-order valence-electron chi connectivity index (χ2n) is 4.93. The molecule has 0 saturated carbocycles. The Morgan fingerprint density at radius 3 is 2.37 bits per heavy atom. The predicted molar refractivity (Wildman–Crippen MR) is 75.2 cm³/mol. The van der Waals surface area contributed by atoms with E-state index in [2.05, 4.69) is 13.8 Å². The van der Waals surface area contributed by atoms with Gasteiger partial charge in [0.05, 0.1) is 12.6 Å². The number of nitrogens with two attached hydrogens (primary N) is 1. The fourth-order valence-electron chi connectivity index (χ4n) is 1.59. The highest BCUT2D eigenvalue weighted by Gasteiger charge is 2.08. The Balaban J connectivity index is 0.000000356. The molecular formula is C15H24FNO2. The minimum absolute atomic E-state index is 0.00829. The van der Waals surface area contributed by atoms with E-state index in [1.54, 1.807) is 6.07 Å². The quantitative estimate of drug-likeness (QED) is 0.855. The van der Waals surface area contributed by atoms with E-state index in [9.17, 15) is 9.18 Å². The molecule has 2 N–H and O–H groups in total. The maximum atomic E-state index is 12.2. The number of carbonyl (C=O) groups excluding carboxylic acids is 1. The van der Waals surface area contributed by atoms with Gasteiger partial charge in [-0.05, 0) is 43.9 Å². The van der Waals surface area contributed by atoms with Crippen LogP contribution in [0.25, 0.3) is 0 Å². The lowest BCUT2D eigenvalue weighted by atomic mass is 10.1. The summed E-state index contributed by atoms with van der Waals surface area (Å²) < 4.78 is 17.1. The van der Waals surface area contributed by atoms with Crippen LogP contribution >= 0.6 is 0 Å².